The van der Waals surface area contributed by atoms with Crippen molar-refractivity contribution >= 4 is 19.9 Å². The molecule has 0 spiro atoms. The second-order valence-corrected chi connectivity index (χ2v) is 14.4. The van der Waals surface area contributed by atoms with Crippen LogP contribution in [0.5, 0.6) is 0 Å². The topological polar surface area (TPSA) is 47.4 Å². The van der Waals surface area contributed by atoms with E-state index in [-0.39, 0.29) is 11.8 Å². The van der Waals surface area contributed by atoms with Gasteiger partial charge in [0.2, 0.25) is 11.9 Å². The Morgan fingerprint density at radius 2 is 2.03 bits per heavy atom. The quantitative estimate of drug-likeness (QED) is 0.467. The first-order valence-electron chi connectivity index (χ1n) is 10.1. The summed E-state index contributed by atoms with van der Waals surface area (Å²) in [5.41, 5.74) is 0.627. The SMILES string of the molecule is C[Si](C)(C)CCOCn1ccnc1N1CCCC(Cc2ccc(F)c(F)c2)C1=O. The molecule has 0 radical (unpaired) electrons. The van der Waals surface area contributed by atoms with E-state index in [0.717, 1.165) is 25.0 Å². The van der Waals surface area contributed by atoms with E-state index in [0.29, 0.717) is 37.8 Å². The summed E-state index contributed by atoms with van der Waals surface area (Å²) < 4.78 is 34.3. The van der Waals surface area contributed by atoms with Crippen molar-refractivity contribution in [2.75, 3.05) is 18.1 Å². The van der Waals surface area contributed by atoms with E-state index in [1.807, 2.05) is 10.8 Å². The Bertz CT molecular complexity index is 851. The second kappa shape index (κ2) is 9.17. The fourth-order valence-electron chi connectivity index (χ4n) is 3.48. The number of amides is 1. The highest BCUT2D eigenvalue weighted by atomic mass is 28.3. The van der Waals surface area contributed by atoms with Gasteiger partial charge in [-0.25, -0.2) is 13.8 Å². The van der Waals surface area contributed by atoms with E-state index >= 15 is 0 Å². The maximum absolute atomic E-state index is 13.5. The molecule has 1 aromatic heterocycles. The Balaban J connectivity index is 1.64. The Hall–Kier alpha value is -2.06. The molecule has 2 aromatic rings. The van der Waals surface area contributed by atoms with Crippen LogP contribution in [0.1, 0.15) is 18.4 Å². The number of imidazole rings is 1. The molecule has 1 amide bonds. The van der Waals surface area contributed by atoms with Gasteiger partial charge < -0.3 is 4.74 Å². The number of carbonyl (C=O) groups excluding carboxylic acids is 1. The molecule has 8 heteroatoms. The lowest BCUT2D eigenvalue weighted by molar-refractivity contribution is -0.123. The van der Waals surface area contributed by atoms with Crippen molar-refractivity contribution in [2.45, 2.75) is 51.7 Å². The molecule has 1 aliphatic heterocycles. The van der Waals surface area contributed by atoms with E-state index in [1.165, 1.54) is 12.1 Å². The number of hydrogen-bond acceptors (Lipinski definition) is 3. The Kier molecular flexibility index (Phi) is 6.84. The number of benzene rings is 1. The molecule has 1 saturated heterocycles. The number of hydrogen-bond donors (Lipinski definition) is 0. The van der Waals surface area contributed by atoms with Crippen molar-refractivity contribution < 1.29 is 18.3 Å². The Morgan fingerprint density at radius 3 is 2.76 bits per heavy atom. The highest BCUT2D eigenvalue weighted by Crippen LogP contribution is 2.26. The largest absolute Gasteiger partial charge is 0.361 e. The first-order valence-corrected chi connectivity index (χ1v) is 13.8. The number of piperidine rings is 1. The van der Waals surface area contributed by atoms with Gasteiger partial charge in [-0.2, -0.15) is 0 Å². The van der Waals surface area contributed by atoms with Crippen molar-refractivity contribution in [2.24, 2.45) is 5.92 Å². The number of nitrogens with zero attached hydrogens (tertiary/aromatic N) is 3. The summed E-state index contributed by atoms with van der Waals surface area (Å²) in [6.07, 6.45) is 5.44. The summed E-state index contributed by atoms with van der Waals surface area (Å²) in [5, 5.41) is 0. The minimum absolute atomic E-state index is 0.0319. The number of ether oxygens (including phenoxy) is 1. The van der Waals surface area contributed by atoms with Gasteiger partial charge in [-0.15, -0.1) is 0 Å². The van der Waals surface area contributed by atoms with E-state index in [4.69, 9.17) is 4.74 Å². The van der Waals surface area contributed by atoms with Crippen LogP contribution < -0.4 is 4.90 Å². The summed E-state index contributed by atoms with van der Waals surface area (Å²) in [7, 11) is -1.15. The molecule has 158 valence electrons. The summed E-state index contributed by atoms with van der Waals surface area (Å²) in [6, 6.07) is 4.91. The molecule has 0 bridgehead atoms. The maximum Gasteiger partial charge on any atom is 0.232 e. The zero-order chi connectivity index (χ0) is 21.0. The lowest BCUT2D eigenvalue weighted by Gasteiger charge is -2.32. The molecule has 3 rings (SSSR count). The van der Waals surface area contributed by atoms with Gasteiger partial charge in [0.15, 0.2) is 11.6 Å². The van der Waals surface area contributed by atoms with Gasteiger partial charge in [-0.3, -0.25) is 14.3 Å². The summed E-state index contributed by atoms with van der Waals surface area (Å²) in [5.74, 6) is -1.48. The van der Waals surface area contributed by atoms with Gasteiger partial charge in [0.05, 0.1) is 0 Å². The molecular formula is C21H29F2N3O2Si. The van der Waals surface area contributed by atoms with Crippen LogP contribution in [0.25, 0.3) is 0 Å². The van der Waals surface area contributed by atoms with Crippen LogP contribution in [0, 0.1) is 17.6 Å². The Morgan fingerprint density at radius 1 is 1.24 bits per heavy atom. The first-order chi connectivity index (χ1) is 13.7. The van der Waals surface area contributed by atoms with Gasteiger partial charge >= 0.3 is 0 Å². The normalized spacial score (nSPS) is 17.8. The van der Waals surface area contributed by atoms with Gasteiger partial charge in [-0.1, -0.05) is 25.7 Å². The lowest BCUT2D eigenvalue weighted by Crippen LogP contribution is -2.43. The van der Waals surface area contributed by atoms with E-state index < -0.39 is 19.7 Å². The van der Waals surface area contributed by atoms with Gasteiger partial charge in [-0.05, 0) is 43.0 Å². The van der Waals surface area contributed by atoms with Crippen LogP contribution in [0.3, 0.4) is 0 Å². The summed E-state index contributed by atoms with van der Waals surface area (Å²) >= 11 is 0. The van der Waals surface area contributed by atoms with Crippen LogP contribution in [-0.2, 0) is 22.7 Å². The van der Waals surface area contributed by atoms with Crippen LogP contribution in [0.2, 0.25) is 25.7 Å². The average molecular weight is 422 g/mol. The van der Waals surface area contributed by atoms with Gasteiger partial charge in [0.25, 0.3) is 0 Å². The second-order valence-electron chi connectivity index (χ2n) is 8.83. The molecule has 1 fully saturated rings. The summed E-state index contributed by atoms with van der Waals surface area (Å²) in [6.45, 7) is 8.56. The third-order valence-corrected chi connectivity index (χ3v) is 6.88. The third-order valence-electron chi connectivity index (χ3n) is 5.18. The van der Waals surface area contributed by atoms with Gasteiger partial charge in [0, 0.05) is 39.5 Å². The smallest absolute Gasteiger partial charge is 0.232 e. The predicted octanol–water partition coefficient (Wildman–Crippen LogP) is 4.46. The van der Waals surface area contributed by atoms with Crippen molar-refractivity contribution in [1.29, 1.82) is 0 Å². The van der Waals surface area contributed by atoms with Crippen LogP contribution in [0.15, 0.2) is 30.6 Å². The predicted molar refractivity (Wildman–Crippen MR) is 111 cm³/mol. The standard InChI is InChI=1S/C21H29F2N3O2Si/c1-29(2,3)12-11-28-15-25-10-8-24-21(25)26-9-4-5-17(20(26)27)13-16-6-7-18(22)19(23)14-16/h6-8,10,14,17H,4-5,9,11-13,15H2,1-3H3. The van der Waals surface area contributed by atoms with Crippen molar-refractivity contribution in [3.63, 3.8) is 0 Å². The molecule has 0 N–H and O–H groups in total. The number of carbonyl (C=O) groups is 1. The van der Waals surface area contributed by atoms with Crippen LogP contribution in [-0.4, -0.2) is 36.7 Å². The van der Waals surface area contributed by atoms with E-state index in [1.54, 1.807) is 11.1 Å². The number of rotatable bonds is 8. The monoisotopic (exact) mass is 421 g/mol. The molecule has 0 saturated carbocycles. The molecule has 1 unspecified atom stereocenters. The highest BCUT2D eigenvalue weighted by molar-refractivity contribution is 6.76. The third kappa shape index (κ3) is 5.73. The van der Waals surface area contributed by atoms with Crippen molar-refractivity contribution in [3.05, 3.63) is 47.8 Å². The summed E-state index contributed by atoms with van der Waals surface area (Å²) in [4.78, 5) is 19.1. The lowest BCUT2D eigenvalue weighted by atomic mass is 9.90. The average Bonchev–Trinajstić information content (AvgIpc) is 3.11. The van der Waals surface area contributed by atoms with E-state index in [9.17, 15) is 13.6 Å². The molecule has 1 aliphatic rings. The van der Waals surface area contributed by atoms with Crippen molar-refractivity contribution in [1.82, 2.24) is 9.55 Å². The minimum atomic E-state index is -1.15. The minimum Gasteiger partial charge on any atom is -0.361 e. The van der Waals surface area contributed by atoms with Gasteiger partial charge in [0.1, 0.15) is 6.73 Å². The molecule has 0 aliphatic carbocycles. The molecule has 1 atom stereocenters. The molecular weight excluding hydrogens is 392 g/mol. The first kappa shape index (κ1) is 21.6. The number of anilines is 1. The zero-order valence-corrected chi connectivity index (χ0v) is 18.3. The zero-order valence-electron chi connectivity index (χ0n) is 17.3. The molecule has 1 aromatic carbocycles. The highest BCUT2D eigenvalue weighted by Gasteiger charge is 2.32. The Labute approximate surface area is 171 Å². The van der Waals surface area contributed by atoms with E-state index in [2.05, 4.69) is 24.6 Å². The van der Waals surface area contributed by atoms with Crippen LogP contribution in [0.4, 0.5) is 14.7 Å². The maximum atomic E-state index is 13.5. The number of aromatic nitrogens is 2. The fourth-order valence-corrected chi connectivity index (χ4v) is 4.23. The fraction of sp³-hybridized carbons (Fsp3) is 0.524. The van der Waals surface area contributed by atoms with Crippen LogP contribution >= 0.6 is 0 Å². The number of halogens is 2. The molecule has 2 heterocycles. The molecule has 5 nitrogen and oxygen atoms in total. The van der Waals surface area contributed by atoms with Crippen molar-refractivity contribution in [3.8, 4) is 0 Å². The molecule has 29 heavy (non-hydrogen) atoms.